The Morgan fingerprint density at radius 3 is 2.73 bits per heavy atom. The van der Waals surface area contributed by atoms with Gasteiger partial charge in [-0.1, -0.05) is 38.0 Å². The van der Waals surface area contributed by atoms with Crippen LogP contribution in [0.3, 0.4) is 0 Å². The van der Waals surface area contributed by atoms with Gasteiger partial charge in [0.25, 0.3) is 0 Å². The fourth-order valence-corrected chi connectivity index (χ4v) is 4.73. The first-order valence-electron chi connectivity index (χ1n) is 8.82. The normalized spacial score (nSPS) is 37.9. The second-order valence-corrected chi connectivity index (χ2v) is 7.45. The van der Waals surface area contributed by atoms with Gasteiger partial charge in [-0.15, -0.1) is 0 Å². The first kappa shape index (κ1) is 15.9. The Bertz CT molecular complexity index is 461. The molecule has 0 aliphatic heterocycles. The molecule has 0 amide bonds. The van der Waals surface area contributed by atoms with Crippen molar-refractivity contribution in [2.24, 2.45) is 23.7 Å². The Labute approximate surface area is 133 Å². The Kier molecular flexibility index (Phi) is 4.84. The summed E-state index contributed by atoms with van der Waals surface area (Å²) in [5, 5.41) is 20.5. The van der Waals surface area contributed by atoms with Crippen LogP contribution in [0.4, 0.5) is 0 Å². The number of carbonyl (C=O) groups excluding carboxylic acids is 1. The van der Waals surface area contributed by atoms with E-state index in [-0.39, 0.29) is 29.6 Å². The topological polar surface area (TPSA) is 57.5 Å². The molecule has 0 spiro atoms. The molecular formula is C19H28O3. The number of carbonyl (C=O) groups is 1. The molecule has 0 heterocycles. The van der Waals surface area contributed by atoms with Crippen molar-refractivity contribution in [2.75, 3.05) is 0 Å². The molecule has 3 fully saturated rings. The zero-order valence-electron chi connectivity index (χ0n) is 13.3. The molecule has 0 radical (unpaired) electrons. The van der Waals surface area contributed by atoms with Crippen LogP contribution in [-0.2, 0) is 4.79 Å². The van der Waals surface area contributed by atoms with E-state index >= 15 is 0 Å². The SMILES string of the molecule is C=C1C[C@H]2[C@H](C=CCC(O)C3CCCCC3)[C@H](O)C[C@@H]2C1=O. The van der Waals surface area contributed by atoms with Crippen LogP contribution in [0, 0.1) is 23.7 Å². The van der Waals surface area contributed by atoms with Gasteiger partial charge in [-0.2, -0.15) is 0 Å². The quantitative estimate of drug-likeness (QED) is 0.620. The van der Waals surface area contributed by atoms with Crippen LogP contribution < -0.4 is 0 Å². The third kappa shape index (κ3) is 3.07. The summed E-state index contributed by atoms with van der Waals surface area (Å²) in [6, 6.07) is 0. The van der Waals surface area contributed by atoms with Crippen molar-refractivity contribution in [3.05, 3.63) is 24.3 Å². The van der Waals surface area contributed by atoms with Gasteiger partial charge in [0.15, 0.2) is 5.78 Å². The van der Waals surface area contributed by atoms with Gasteiger partial charge in [0.2, 0.25) is 0 Å². The molecule has 0 bridgehead atoms. The molecule has 5 atom stereocenters. The van der Waals surface area contributed by atoms with Gasteiger partial charge in [0.05, 0.1) is 12.2 Å². The monoisotopic (exact) mass is 304 g/mol. The highest BCUT2D eigenvalue weighted by molar-refractivity contribution is 5.99. The van der Waals surface area contributed by atoms with Crippen LogP contribution in [0.15, 0.2) is 24.3 Å². The van der Waals surface area contributed by atoms with Crippen LogP contribution in [0.25, 0.3) is 0 Å². The average Bonchev–Trinajstić information content (AvgIpc) is 2.97. The number of fused-ring (bicyclic) bond motifs is 1. The zero-order valence-corrected chi connectivity index (χ0v) is 13.3. The number of rotatable bonds is 4. The van der Waals surface area contributed by atoms with E-state index in [1.807, 2.05) is 12.2 Å². The molecule has 3 rings (SSSR count). The van der Waals surface area contributed by atoms with E-state index in [4.69, 9.17) is 0 Å². The zero-order chi connectivity index (χ0) is 15.7. The largest absolute Gasteiger partial charge is 0.393 e. The van der Waals surface area contributed by atoms with Crippen LogP contribution >= 0.6 is 0 Å². The number of aliphatic hydroxyl groups excluding tert-OH is 2. The highest BCUT2D eigenvalue weighted by atomic mass is 16.3. The molecule has 22 heavy (non-hydrogen) atoms. The Morgan fingerprint density at radius 2 is 2.00 bits per heavy atom. The van der Waals surface area contributed by atoms with Gasteiger partial charge < -0.3 is 10.2 Å². The summed E-state index contributed by atoms with van der Waals surface area (Å²) in [6.07, 6.45) is 11.4. The van der Waals surface area contributed by atoms with Crippen LogP contribution in [0.1, 0.15) is 51.4 Å². The molecule has 0 aromatic carbocycles. The fraction of sp³-hybridized carbons (Fsp3) is 0.737. The predicted octanol–water partition coefficient (Wildman–Crippen LogP) is 3.02. The van der Waals surface area contributed by atoms with E-state index < -0.39 is 6.10 Å². The van der Waals surface area contributed by atoms with E-state index in [2.05, 4.69) is 6.58 Å². The summed E-state index contributed by atoms with van der Waals surface area (Å²) in [6.45, 7) is 3.85. The molecule has 2 N–H and O–H groups in total. The second-order valence-electron chi connectivity index (χ2n) is 7.45. The van der Waals surface area contributed by atoms with Gasteiger partial charge in [0.1, 0.15) is 0 Å². The summed E-state index contributed by atoms with van der Waals surface area (Å²) < 4.78 is 0. The molecular weight excluding hydrogens is 276 g/mol. The predicted molar refractivity (Wildman–Crippen MR) is 86.2 cm³/mol. The number of Topliss-reactive ketones (excluding diaryl/α,β-unsaturated/α-hetero) is 1. The molecule has 3 heteroatoms. The maximum Gasteiger partial charge on any atom is 0.161 e. The van der Waals surface area contributed by atoms with Crippen molar-refractivity contribution in [1.29, 1.82) is 0 Å². The number of hydrogen-bond acceptors (Lipinski definition) is 3. The summed E-state index contributed by atoms with van der Waals surface area (Å²) in [7, 11) is 0. The first-order chi connectivity index (χ1) is 10.6. The molecule has 1 unspecified atom stereocenters. The lowest BCUT2D eigenvalue weighted by Crippen LogP contribution is -2.22. The van der Waals surface area contributed by atoms with Crippen molar-refractivity contribution in [1.82, 2.24) is 0 Å². The molecule has 0 aromatic heterocycles. The Balaban J connectivity index is 1.55. The smallest absolute Gasteiger partial charge is 0.161 e. The lowest BCUT2D eigenvalue weighted by Gasteiger charge is -2.26. The highest BCUT2D eigenvalue weighted by Crippen LogP contribution is 2.48. The van der Waals surface area contributed by atoms with Crippen LogP contribution in [0.2, 0.25) is 0 Å². The van der Waals surface area contributed by atoms with Crippen molar-refractivity contribution in [3.63, 3.8) is 0 Å². The minimum atomic E-state index is -0.421. The number of allylic oxidation sites excluding steroid dienone is 1. The summed E-state index contributed by atoms with van der Waals surface area (Å²) in [4.78, 5) is 12.0. The fourth-order valence-electron chi connectivity index (χ4n) is 4.73. The number of ketones is 1. The molecule has 122 valence electrons. The summed E-state index contributed by atoms with van der Waals surface area (Å²) in [5.41, 5.74) is 0.725. The number of hydrogen-bond donors (Lipinski definition) is 2. The van der Waals surface area contributed by atoms with E-state index in [1.165, 1.54) is 19.3 Å². The van der Waals surface area contributed by atoms with E-state index in [1.54, 1.807) is 0 Å². The third-order valence-electron chi connectivity index (χ3n) is 6.05. The summed E-state index contributed by atoms with van der Waals surface area (Å²) >= 11 is 0. The van der Waals surface area contributed by atoms with E-state index in [0.717, 1.165) is 24.8 Å². The third-order valence-corrected chi connectivity index (χ3v) is 6.05. The Morgan fingerprint density at radius 1 is 1.27 bits per heavy atom. The minimum Gasteiger partial charge on any atom is -0.393 e. The lowest BCUT2D eigenvalue weighted by molar-refractivity contribution is -0.118. The summed E-state index contributed by atoms with van der Waals surface area (Å²) in [5.74, 6) is 0.833. The first-order valence-corrected chi connectivity index (χ1v) is 8.82. The Hall–Kier alpha value is -0.930. The lowest BCUT2D eigenvalue weighted by atomic mass is 9.84. The molecule has 0 aromatic rings. The van der Waals surface area contributed by atoms with Crippen molar-refractivity contribution >= 4 is 5.78 Å². The number of aliphatic hydroxyl groups is 2. The van der Waals surface area contributed by atoms with Gasteiger partial charge in [-0.25, -0.2) is 0 Å². The minimum absolute atomic E-state index is 0.0274. The van der Waals surface area contributed by atoms with E-state index in [0.29, 0.717) is 18.8 Å². The van der Waals surface area contributed by atoms with E-state index in [9.17, 15) is 15.0 Å². The second kappa shape index (κ2) is 6.67. The van der Waals surface area contributed by atoms with Gasteiger partial charge in [0, 0.05) is 11.8 Å². The van der Waals surface area contributed by atoms with Gasteiger partial charge >= 0.3 is 0 Å². The van der Waals surface area contributed by atoms with Crippen LogP contribution in [-0.4, -0.2) is 28.2 Å². The average molecular weight is 304 g/mol. The van der Waals surface area contributed by atoms with Gasteiger partial charge in [-0.05, 0) is 49.5 Å². The van der Waals surface area contributed by atoms with Crippen molar-refractivity contribution in [3.8, 4) is 0 Å². The van der Waals surface area contributed by atoms with Gasteiger partial charge in [-0.3, -0.25) is 4.79 Å². The maximum absolute atomic E-state index is 12.0. The maximum atomic E-state index is 12.0. The van der Waals surface area contributed by atoms with Crippen molar-refractivity contribution in [2.45, 2.75) is 63.6 Å². The molecule has 3 nitrogen and oxygen atoms in total. The molecule has 3 saturated carbocycles. The van der Waals surface area contributed by atoms with Crippen LogP contribution in [0.5, 0.6) is 0 Å². The standard InChI is InChI=1S/C19H28O3/c1-12-10-15-14(18(21)11-16(15)19(12)22)8-5-9-17(20)13-6-3-2-4-7-13/h5,8,13-18,20-21H,1-4,6-7,9-11H2/t14-,15-,16-,17?,18+/m0/s1. The molecule has 0 saturated heterocycles. The van der Waals surface area contributed by atoms with Crippen molar-refractivity contribution < 1.29 is 15.0 Å². The highest BCUT2D eigenvalue weighted by Gasteiger charge is 2.49. The molecule has 3 aliphatic rings. The molecule has 3 aliphatic carbocycles.